The summed E-state index contributed by atoms with van der Waals surface area (Å²) in [4.78, 5) is 0. The summed E-state index contributed by atoms with van der Waals surface area (Å²) in [5, 5.41) is 0. The zero-order chi connectivity index (χ0) is 11.8. The van der Waals surface area contributed by atoms with E-state index >= 15 is 0 Å². The van der Waals surface area contributed by atoms with Gasteiger partial charge in [-0.05, 0) is 65.8 Å². The van der Waals surface area contributed by atoms with Gasteiger partial charge in [0.05, 0.1) is 0 Å². The van der Waals surface area contributed by atoms with E-state index < -0.39 is 0 Å². The minimum Gasteiger partial charge on any atom is -0.0760 e. The van der Waals surface area contributed by atoms with Crippen LogP contribution in [0.25, 0.3) is 5.57 Å². The van der Waals surface area contributed by atoms with Crippen molar-refractivity contribution in [3.8, 4) is 0 Å². The molecule has 0 amide bonds. The van der Waals surface area contributed by atoms with E-state index in [9.17, 15) is 0 Å². The van der Waals surface area contributed by atoms with Crippen LogP contribution in [-0.2, 0) is 45.5 Å². The van der Waals surface area contributed by atoms with Crippen LogP contribution < -0.4 is 0 Å². The first-order chi connectivity index (χ1) is 8.29. The van der Waals surface area contributed by atoms with Gasteiger partial charge in [0.25, 0.3) is 0 Å². The standard InChI is InChI=1S/C17H22.Zr/c1-3-5-12(2)16-9-8-15-10-13-6-4-7-14(13)11-17(15)16;/h9-12H,3-8H2,1-2H3;. The molecule has 0 fully saturated rings. The largest absolute Gasteiger partial charge is 0.0760 e. The number of hydrogen-bond acceptors (Lipinski definition) is 0. The maximum absolute atomic E-state index is 2.50. The maximum atomic E-state index is 2.50. The third kappa shape index (κ3) is 2.44. The first-order valence-corrected chi connectivity index (χ1v) is 7.14. The molecule has 3 rings (SSSR count). The van der Waals surface area contributed by atoms with Gasteiger partial charge in [0, 0.05) is 26.2 Å². The molecule has 18 heavy (non-hydrogen) atoms. The molecule has 0 nitrogen and oxygen atoms in total. The minimum atomic E-state index is 0. The molecule has 0 saturated carbocycles. The topological polar surface area (TPSA) is 0 Å². The van der Waals surface area contributed by atoms with E-state index in [-0.39, 0.29) is 26.2 Å². The first-order valence-electron chi connectivity index (χ1n) is 7.14. The van der Waals surface area contributed by atoms with Crippen molar-refractivity contribution in [3.63, 3.8) is 0 Å². The number of rotatable bonds is 3. The Bertz CT molecular complexity index is 471. The van der Waals surface area contributed by atoms with Crippen LogP contribution in [0.5, 0.6) is 0 Å². The molecule has 0 saturated heterocycles. The van der Waals surface area contributed by atoms with Gasteiger partial charge in [-0.15, -0.1) is 0 Å². The summed E-state index contributed by atoms with van der Waals surface area (Å²) in [5.74, 6) is 0.737. The van der Waals surface area contributed by atoms with E-state index in [4.69, 9.17) is 0 Å². The fourth-order valence-corrected chi connectivity index (χ4v) is 3.50. The molecule has 1 unspecified atom stereocenters. The zero-order valence-electron chi connectivity index (χ0n) is 11.6. The summed E-state index contributed by atoms with van der Waals surface area (Å²) >= 11 is 0. The summed E-state index contributed by atoms with van der Waals surface area (Å²) < 4.78 is 0. The smallest absolute Gasteiger partial charge is 0 e. The molecular weight excluding hydrogens is 295 g/mol. The van der Waals surface area contributed by atoms with Gasteiger partial charge in [-0.25, -0.2) is 0 Å². The molecule has 0 bridgehead atoms. The Balaban J connectivity index is 0.00000120. The van der Waals surface area contributed by atoms with Crippen molar-refractivity contribution in [3.05, 3.63) is 40.5 Å². The van der Waals surface area contributed by atoms with E-state index in [2.05, 4.69) is 32.1 Å². The average molecular weight is 318 g/mol. The summed E-state index contributed by atoms with van der Waals surface area (Å²) in [6.07, 6.45) is 10.2. The van der Waals surface area contributed by atoms with Gasteiger partial charge in [-0.1, -0.05) is 38.5 Å². The summed E-state index contributed by atoms with van der Waals surface area (Å²) in [5.41, 5.74) is 8.04. The van der Waals surface area contributed by atoms with Crippen molar-refractivity contribution < 1.29 is 26.2 Å². The van der Waals surface area contributed by atoms with Crippen molar-refractivity contribution >= 4 is 5.57 Å². The Morgan fingerprint density at radius 1 is 1.11 bits per heavy atom. The van der Waals surface area contributed by atoms with Gasteiger partial charge in [0.15, 0.2) is 0 Å². The Kier molecular flexibility index (Phi) is 4.65. The molecule has 0 spiro atoms. The molecule has 0 aromatic heterocycles. The van der Waals surface area contributed by atoms with Crippen molar-refractivity contribution in [1.82, 2.24) is 0 Å². The number of fused-ring (bicyclic) bond motifs is 2. The molecule has 1 atom stereocenters. The van der Waals surface area contributed by atoms with E-state index in [1.54, 1.807) is 27.8 Å². The van der Waals surface area contributed by atoms with Crippen LogP contribution in [0, 0.1) is 5.92 Å². The van der Waals surface area contributed by atoms with Crippen molar-refractivity contribution in [2.24, 2.45) is 5.92 Å². The zero-order valence-corrected chi connectivity index (χ0v) is 14.0. The van der Waals surface area contributed by atoms with Crippen LogP contribution in [0.4, 0.5) is 0 Å². The van der Waals surface area contributed by atoms with Crippen LogP contribution in [0.1, 0.15) is 55.4 Å². The number of allylic oxidation sites excluding steroid dienone is 2. The second-order valence-electron chi connectivity index (χ2n) is 5.68. The van der Waals surface area contributed by atoms with Crippen molar-refractivity contribution in [1.29, 1.82) is 0 Å². The van der Waals surface area contributed by atoms with Crippen LogP contribution in [-0.4, -0.2) is 0 Å². The number of aryl methyl sites for hydroxylation is 2. The van der Waals surface area contributed by atoms with Crippen LogP contribution in [0.15, 0.2) is 18.2 Å². The third-order valence-corrected chi connectivity index (χ3v) is 4.42. The van der Waals surface area contributed by atoms with Crippen LogP contribution in [0.2, 0.25) is 0 Å². The minimum absolute atomic E-state index is 0. The second-order valence-corrected chi connectivity index (χ2v) is 5.68. The predicted octanol–water partition coefficient (Wildman–Crippen LogP) is 4.55. The van der Waals surface area contributed by atoms with Gasteiger partial charge in [0.2, 0.25) is 0 Å². The van der Waals surface area contributed by atoms with E-state index in [0.717, 1.165) is 5.92 Å². The molecule has 0 aliphatic heterocycles. The van der Waals surface area contributed by atoms with Crippen molar-refractivity contribution in [2.75, 3.05) is 0 Å². The summed E-state index contributed by atoms with van der Waals surface area (Å²) in [6, 6.07) is 4.99. The van der Waals surface area contributed by atoms with E-state index in [0.29, 0.717) is 0 Å². The van der Waals surface area contributed by atoms with Gasteiger partial charge in [-0.3, -0.25) is 0 Å². The van der Waals surface area contributed by atoms with Crippen molar-refractivity contribution in [2.45, 2.75) is 52.4 Å². The number of benzene rings is 1. The third-order valence-electron chi connectivity index (χ3n) is 4.42. The molecule has 1 aromatic carbocycles. The average Bonchev–Trinajstić information content (AvgIpc) is 2.91. The second kappa shape index (κ2) is 5.87. The molecular formula is C17H22Zr. The van der Waals surface area contributed by atoms with Gasteiger partial charge in [0.1, 0.15) is 0 Å². The first kappa shape index (κ1) is 14.3. The quantitative estimate of drug-likeness (QED) is 0.767. The maximum Gasteiger partial charge on any atom is 0 e. The van der Waals surface area contributed by atoms with Gasteiger partial charge < -0.3 is 0 Å². The molecule has 0 N–H and O–H groups in total. The molecule has 1 aromatic rings. The molecule has 2 aliphatic carbocycles. The fraction of sp³-hybridized carbons (Fsp3) is 0.529. The normalized spacial score (nSPS) is 17.8. The monoisotopic (exact) mass is 316 g/mol. The Morgan fingerprint density at radius 2 is 1.83 bits per heavy atom. The molecule has 2 aliphatic rings. The number of hydrogen-bond donors (Lipinski definition) is 0. The SMILES string of the molecule is CCCC(C)C1=CCc2cc3c(cc21)CCC3.[Zr]. The Labute approximate surface area is 130 Å². The fourth-order valence-electron chi connectivity index (χ4n) is 3.50. The van der Waals surface area contributed by atoms with Gasteiger partial charge in [-0.2, -0.15) is 0 Å². The molecule has 1 heteroatoms. The molecule has 94 valence electrons. The molecule has 0 radical (unpaired) electrons. The Morgan fingerprint density at radius 3 is 2.56 bits per heavy atom. The molecule has 0 heterocycles. The summed E-state index contributed by atoms with van der Waals surface area (Å²) in [6.45, 7) is 4.67. The van der Waals surface area contributed by atoms with E-state index in [1.165, 1.54) is 38.5 Å². The van der Waals surface area contributed by atoms with E-state index in [1.807, 2.05) is 0 Å². The van der Waals surface area contributed by atoms with Gasteiger partial charge >= 0.3 is 0 Å². The van der Waals surface area contributed by atoms with Crippen LogP contribution in [0.3, 0.4) is 0 Å². The predicted molar refractivity (Wildman–Crippen MR) is 74.2 cm³/mol. The Hall–Kier alpha value is -0.157. The summed E-state index contributed by atoms with van der Waals surface area (Å²) in [7, 11) is 0. The van der Waals surface area contributed by atoms with Crippen LogP contribution >= 0.6 is 0 Å².